The van der Waals surface area contributed by atoms with Gasteiger partial charge in [-0.3, -0.25) is 24.6 Å². The summed E-state index contributed by atoms with van der Waals surface area (Å²) in [7, 11) is 0. The van der Waals surface area contributed by atoms with E-state index in [9.17, 15) is 19.2 Å². The average molecular weight is 347 g/mol. The van der Waals surface area contributed by atoms with Crippen LogP contribution in [0.5, 0.6) is 0 Å². The molecule has 2 rings (SSSR count). The van der Waals surface area contributed by atoms with Crippen LogP contribution in [0.15, 0.2) is 24.3 Å². The second kappa shape index (κ2) is 8.81. The number of amides is 4. The predicted octanol–water partition coefficient (Wildman–Crippen LogP) is 1.51. The van der Waals surface area contributed by atoms with Gasteiger partial charge in [-0.2, -0.15) is 0 Å². The lowest BCUT2D eigenvalue weighted by molar-refractivity contribution is -0.137. The average Bonchev–Trinajstić information content (AvgIpc) is 2.58. The van der Waals surface area contributed by atoms with E-state index in [1.165, 1.54) is 4.90 Å². The number of nitrogens with one attached hydrogen (secondary N) is 2. The van der Waals surface area contributed by atoms with Crippen molar-refractivity contribution in [3.05, 3.63) is 29.8 Å². The van der Waals surface area contributed by atoms with Crippen molar-refractivity contribution in [2.24, 2.45) is 0 Å². The van der Waals surface area contributed by atoms with Crippen molar-refractivity contribution in [2.75, 3.05) is 18.0 Å². The SMILES string of the molecule is O=C(O)CCCCCNC(=O)c1ccc(N2CCC(=O)NC2=O)cc1. The molecule has 8 heteroatoms. The maximum atomic E-state index is 12.0. The summed E-state index contributed by atoms with van der Waals surface area (Å²) in [5.74, 6) is -1.32. The van der Waals surface area contributed by atoms with E-state index < -0.39 is 12.0 Å². The summed E-state index contributed by atoms with van der Waals surface area (Å²) < 4.78 is 0. The van der Waals surface area contributed by atoms with Crippen molar-refractivity contribution < 1.29 is 24.3 Å². The molecule has 25 heavy (non-hydrogen) atoms. The molecule has 1 aromatic carbocycles. The second-order valence-corrected chi connectivity index (χ2v) is 5.76. The molecule has 8 nitrogen and oxygen atoms in total. The van der Waals surface area contributed by atoms with Crippen molar-refractivity contribution >= 4 is 29.5 Å². The molecule has 0 saturated carbocycles. The number of rotatable bonds is 8. The van der Waals surface area contributed by atoms with Gasteiger partial charge in [0.25, 0.3) is 5.91 Å². The van der Waals surface area contributed by atoms with E-state index in [1.807, 2.05) is 0 Å². The highest BCUT2D eigenvalue weighted by molar-refractivity contribution is 6.05. The van der Waals surface area contributed by atoms with Gasteiger partial charge >= 0.3 is 12.0 Å². The summed E-state index contributed by atoms with van der Waals surface area (Å²) in [5, 5.41) is 13.6. The molecule has 0 aliphatic carbocycles. The number of benzene rings is 1. The van der Waals surface area contributed by atoms with Crippen LogP contribution in [0.2, 0.25) is 0 Å². The molecule has 1 aliphatic heterocycles. The van der Waals surface area contributed by atoms with Crippen molar-refractivity contribution in [2.45, 2.75) is 32.1 Å². The predicted molar refractivity (Wildman–Crippen MR) is 90.4 cm³/mol. The quantitative estimate of drug-likeness (QED) is 0.616. The summed E-state index contributed by atoms with van der Waals surface area (Å²) in [6.07, 6.45) is 2.45. The summed E-state index contributed by atoms with van der Waals surface area (Å²) >= 11 is 0. The van der Waals surface area contributed by atoms with Gasteiger partial charge in [0.1, 0.15) is 0 Å². The number of nitrogens with zero attached hydrogens (tertiary/aromatic N) is 1. The zero-order valence-corrected chi connectivity index (χ0v) is 13.8. The van der Waals surface area contributed by atoms with Crippen LogP contribution >= 0.6 is 0 Å². The molecular formula is C17H21N3O5. The Labute approximate surface area is 145 Å². The van der Waals surface area contributed by atoms with Gasteiger partial charge < -0.3 is 10.4 Å². The maximum Gasteiger partial charge on any atom is 0.328 e. The van der Waals surface area contributed by atoms with Gasteiger partial charge in [0, 0.05) is 37.2 Å². The number of hydrogen-bond acceptors (Lipinski definition) is 4. The summed E-state index contributed by atoms with van der Waals surface area (Å²) in [4.78, 5) is 46.8. The minimum absolute atomic E-state index is 0.144. The molecule has 1 aliphatic rings. The number of carboxylic acids is 1. The number of carboxylic acid groups (broad SMARTS) is 1. The Balaban J connectivity index is 1.79. The molecule has 0 aromatic heterocycles. The fraction of sp³-hybridized carbons (Fsp3) is 0.412. The number of aliphatic carboxylic acids is 1. The highest BCUT2D eigenvalue weighted by Crippen LogP contribution is 2.17. The van der Waals surface area contributed by atoms with Gasteiger partial charge in [0.05, 0.1) is 0 Å². The van der Waals surface area contributed by atoms with E-state index in [2.05, 4.69) is 10.6 Å². The molecule has 0 atom stereocenters. The first-order chi connectivity index (χ1) is 12.0. The Morgan fingerprint density at radius 1 is 1.12 bits per heavy atom. The number of urea groups is 1. The van der Waals surface area contributed by atoms with Crippen molar-refractivity contribution in [3.63, 3.8) is 0 Å². The van der Waals surface area contributed by atoms with Crippen LogP contribution < -0.4 is 15.5 Å². The van der Waals surface area contributed by atoms with Crippen molar-refractivity contribution in [1.82, 2.24) is 10.6 Å². The highest BCUT2D eigenvalue weighted by atomic mass is 16.4. The highest BCUT2D eigenvalue weighted by Gasteiger charge is 2.24. The lowest BCUT2D eigenvalue weighted by Gasteiger charge is -2.26. The molecule has 1 fully saturated rings. The Kier molecular flexibility index (Phi) is 6.50. The Morgan fingerprint density at radius 3 is 2.48 bits per heavy atom. The lowest BCUT2D eigenvalue weighted by atomic mass is 10.1. The number of carbonyl (C=O) groups is 4. The van der Waals surface area contributed by atoms with Gasteiger partial charge in [0.15, 0.2) is 0 Å². The molecular weight excluding hydrogens is 326 g/mol. The molecule has 3 N–H and O–H groups in total. The van der Waals surface area contributed by atoms with Crippen LogP contribution in [0.1, 0.15) is 42.5 Å². The third-order valence-corrected chi connectivity index (χ3v) is 3.85. The molecule has 134 valence electrons. The Bertz CT molecular complexity index is 657. The van der Waals surface area contributed by atoms with E-state index in [1.54, 1.807) is 24.3 Å². The van der Waals surface area contributed by atoms with Crippen LogP contribution in [-0.2, 0) is 9.59 Å². The zero-order valence-electron chi connectivity index (χ0n) is 13.8. The Morgan fingerprint density at radius 2 is 1.84 bits per heavy atom. The third kappa shape index (κ3) is 5.59. The van der Waals surface area contributed by atoms with Crippen molar-refractivity contribution in [3.8, 4) is 0 Å². The van der Waals surface area contributed by atoms with E-state index in [-0.39, 0.29) is 24.7 Å². The first kappa shape index (κ1) is 18.4. The summed E-state index contributed by atoms with van der Waals surface area (Å²) in [6, 6.07) is 6.11. The van der Waals surface area contributed by atoms with E-state index >= 15 is 0 Å². The minimum Gasteiger partial charge on any atom is -0.481 e. The first-order valence-corrected chi connectivity index (χ1v) is 8.19. The van der Waals surface area contributed by atoms with Crippen molar-refractivity contribution in [1.29, 1.82) is 0 Å². The number of hydrogen-bond donors (Lipinski definition) is 3. The smallest absolute Gasteiger partial charge is 0.328 e. The third-order valence-electron chi connectivity index (χ3n) is 3.85. The van der Waals surface area contributed by atoms with E-state index in [0.717, 1.165) is 12.8 Å². The molecule has 0 unspecified atom stereocenters. The normalized spacial score (nSPS) is 14.2. The molecule has 0 spiro atoms. The summed E-state index contributed by atoms with van der Waals surface area (Å²) in [6.45, 7) is 0.795. The van der Waals surface area contributed by atoms with E-state index in [0.29, 0.717) is 30.8 Å². The van der Waals surface area contributed by atoms with Gasteiger partial charge in [-0.05, 0) is 37.1 Å². The van der Waals surface area contributed by atoms with Gasteiger partial charge in [0.2, 0.25) is 5.91 Å². The monoisotopic (exact) mass is 347 g/mol. The topological polar surface area (TPSA) is 116 Å². The molecule has 1 heterocycles. The van der Waals surface area contributed by atoms with Gasteiger partial charge in [-0.1, -0.05) is 6.42 Å². The van der Waals surface area contributed by atoms with Crippen LogP contribution in [-0.4, -0.2) is 42.0 Å². The van der Waals surface area contributed by atoms with Crippen LogP contribution in [0, 0.1) is 0 Å². The summed E-state index contributed by atoms with van der Waals surface area (Å²) in [5.41, 5.74) is 1.10. The zero-order chi connectivity index (χ0) is 18.2. The number of unbranched alkanes of at least 4 members (excludes halogenated alkanes) is 2. The molecule has 1 aromatic rings. The van der Waals surface area contributed by atoms with Gasteiger partial charge in [-0.15, -0.1) is 0 Å². The molecule has 0 radical (unpaired) electrons. The first-order valence-electron chi connectivity index (χ1n) is 8.19. The maximum absolute atomic E-state index is 12.0. The largest absolute Gasteiger partial charge is 0.481 e. The molecule has 1 saturated heterocycles. The fourth-order valence-corrected chi connectivity index (χ4v) is 2.49. The van der Waals surface area contributed by atoms with Crippen LogP contribution in [0.25, 0.3) is 0 Å². The molecule has 0 bridgehead atoms. The number of anilines is 1. The molecule has 4 amide bonds. The Hall–Kier alpha value is -2.90. The van der Waals surface area contributed by atoms with E-state index in [4.69, 9.17) is 5.11 Å². The second-order valence-electron chi connectivity index (χ2n) is 5.76. The number of carbonyl (C=O) groups excluding carboxylic acids is 3. The lowest BCUT2D eigenvalue weighted by Crippen LogP contribution is -2.49. The standard InChI is InChI=1S/C17H21N3O5/c21-14-9-11-20(17(25)19-14)13-7-5-12(6-8-13)16(24)18-10-3-1-2-4-15(22)23/h5-8H,1-4,9-11H2,(H,18,24)(H,22,23)(H,19,21,25). The number of imide groups is 1. The fourth-order valence-electron chi connectivity index (χ4n) is 2.49. The van der Waals surface area contributed by atoms with Gasteiger partial charge in [-0.25, -0.2) is 4.79 Å². The van der Waals surface area contributed by atoms with Crippen LogP contribution in [0.3, 0.4) is 0 Å². The minimum atomic E-state index is -0.809. The van der Waals surface area contributed by atoms with Crippen LogP contribution in [0.4, 0.5) is 10.5 Å².